The van der Waals surface area contributed by atoms with Crippen molar-refractivity contribution in [2.45, 2.75) is 123 Å². The van der Waals surface area contributed by atoms with Gasteiger partial charge in [-0.15, -0.1) is 0 Å². The third-order valence-electron chi connectivity index (χ3n) is 7.78. The van der Waals surface area contributed by atoms with Crippen molar-refractivity contribution in [3.8, 4) is 0 Å². The van der Waals surface area contributed by atoms with Crippen LogP contribution >= 0.6 is 0 Å². The van der Waals surface area contributed by atoms with Crippen LogP contribution in [0.3, 0.4) is 0 Å². The third kappa shape index (κ3) is 6.47. The van der Waals surface area contributed by atoms with E-state index in [1.54, 1.807) is 11.1 Å². The number of aryl methyl sites for hydroxylation is 2. The molecule has 170 valence electrons. The standard InChI is InChI=1S/C16H24.C15H22/c1-12(2)15-10-9-13(3)16(11-15)14-7-5-4-6-8-14;1-11(2)14-9-8-12(3)15(10-14)13-6-4-5-7-13/h9-12,14H,4-8H2,1-3H3;8-11,13H,4-7H2,1-3H3. The summed E-state index contributed by atoms with van der Waals surface area (Å²) in [6, 6.07) is 14.1. The maximum Gasteiger partial charge on any atom is -0.0159 e. The molecular formula is C31H46. The number of hydrogen-bond donors (Lipinski definition) is 0. The first-order valence-electron chi connectivity index (χ1n) is 13.1. The second-order valence-electron chi connectivity index (χ2n) is 10.9. The van der Waals surface area contributed by atoms with Crippen molar-refractivity contribution in [2.24, 2.45) is 0 Å². The van der Waals surface area contributed by atoms with Crippen LogP contribution in [0.4, 0.5) is 0 Å². The van der Waals surface area contributed by atoms with Gasteiger partial charge in [0.15, 0.2) is 0 Å². The summed E-state index contributed by atoms with van der Waals surface area (Å²) in [7, 11) is 0. The van der Waals surface area contributed by atoms with Gasteiger partial charge >= 0.3 is 0 Å². The average molecular weight is 419 g/mol. The number of benzene rings is 2. The van der Waals surface area contributed by atoms with Crippen LogP contribution < -0.4 is 0 Å². The van der Waals surface area contributed by atoms with Crippen LogP contribution in [0.2, 0.25) is 0 Å². The van der Waals surface area contributed by atoms with E-state index < -0.39 is 0 Å². The van der Waals surface area contributed by atoms with Crippen molar-refractivity contribution in [3.05, 3.63) is 69.8 Å². The molecule has 2 aliphatic carbocycles. The predicted molar refractivity (Wildman–Crippen MR) is 138 cm³/mol. The van der Waals surface area contributed by atoms with Crippen molar-refractivity contribution >= 4 is 0 Å². The molecule has 0 aliphatic heterocycles. The Bertz CT molecular complexity index is 814. The molecule has 0 unspecified atom stereocenters. The fourth-order valence-corrected chi connectivity index (χ4v) is 5.57. The summed E-state index contributed by atoms with van der Waals surface area (Å²) in [6.07, 6.45) is 12.8. The summed E-state index contributed by atoms with van der Waals surface area (Å²) in [4.78, 5) is 0. The van der Waals surface area contributed by atoms with E-state index in [0.29, 0.717) is 11.8 Å². The van der Waals surface area contributed by atoms with E-state index in [9.17, 15) is 0 Å². The van der Waals surface area contributed by atoms with E-state index in [0.717, 1.165) is 11.8 Å². The van der Waals surface area contributed by atoms with Crippen LogP contribution in [0.5, 0.6) is 0 Å². The lowest BCUT2D eigenvalue weighted by molar-refractivity contribution is 0.442. The summed E-state index contributed by atoms with van der Waals surface area (Å²) in [5, 5.41) is 0. The van der Waals surface area contributed by atoms with Crippen LogP contribution in [-0.4, -0.2) is 0 Å². The van der Waals surface area contributed by atoms with E-state index in [4.69, 9.17) is 0 Å². The zero-order valence-electron chi connectivity index (χ0n) is 21.1. The fraction of sp³-hybridized carbons (Fsp3) is 0.613. The quantitative estimate of drug-likeness (QED) is 0.463. The van der Waals surface area contributed by atoms with E-state index in [1.165, 1.54) is 80.0 Å². The van der Waals surface area contributed by atoms with Gasteiger partial charge in [0.25, 0.3) is 0 Å². The van der Waals surface area contributed by atoms with E-state index >= 15 is 0 Å². The molecule has 31 heavy (non-hydrogen) atoms. The molecule has 0 heterocycles. The van der Waals surface area contributed by atoms with Crippen LogP contribution in [0.1, 0.15) is 143 Å². The Morgan fingerprint density at radius 2 is 0.903 bits per heavy atom. The molecule has 2 saturated carbocycles. The van der Waals surface area contributed by atoms with E-state index in [1.807, 2.05) is 0 Å². The second-order valence-corrected chi connectivity index (χ2v) is 10.9. The van der Waals surface area contributed by atoms with Gasteiger partial charge in [0.1, 0.15) is 0 Å². The molecule has 0 spiro atoms. The zero-order valence-corrected chi connectivity index (χ0v) is 21.1. The summed E-state index contributed by atoms with van der Waals surface area (Å²) >= 11 is 0. The Morgan fingerprint density at radius 1 is 0.548 bits per heavy atom. The maximum absolute atomic E-state index is 2.47. The van der Waals surface area contributed by atoms with Crippen molar-refractivity contribution in [2.75, 3.05) is 0 Å². The maximum atomic E-state index is 2.47. The molecule has 0 N–H and O–H groups in total. The average Bonchev–Trinajstić information content (AvgIpc) is 3.30. The lowest BCUT2D eigenvalue weighted by atomic mass is 9.81. The third-order valence-corrected chi connectivity index (χ3v) is 7.78. The van der Waals surface area contributed by atoms with Crippen molar-refractivity contribution in [1.29, 1.82) is 0 Å². The van der Waals surface area contributed by atoms with Crippen molar-refractivity contribution in [1.82, 2.24) is 0 Å². The first-order valence-corrected chi connectivity index (χ1v) is 13.1. The highest BCUT2D eigenvalue weighted by molar-refractivity contribution is 5.36. The van der Waals surface area contributed by atoms with E-state index in [2.05, 4.69) is 77.9 Å². The molecule has 0 bridgehead atoms. The molecule has 2 fully saturated rings. The minimum absolute atomic E-state index is 0.656. The van der Waals surface area contributed by atoms with Crippen LogP contribution in [0.15, 0.2) is 36.4 Å². The highest BCUT2D eigenvalue weighted by atomic mass is 14.2. The Labute approximate surface area is 192 Å². The largest absolute Gasteiger partial charge is 0.0588 e. The summed E-state index contributed by atoms with van der Waals surface area (Å²) in [5.74, 6) is 3.00. The lowest BCUT2D eigenvalue weighted by Crippen LogP contribution is -2.07. The van der Waals surface area contributed by atoms with Crippen molar-refractivity contribution < 1.29 is 0 Å². The van der Waals surface area contributed by atoms with Gasteiger partial charge in [-0.05, 0) is 96.6 Å². The normalized spacial score (nSPS) is 17.8. The second kappa shape index (κ2) is 11.3. The molecule has 0 atom stereocenters. The summed E-state index contributed by atoms with van der Waals surface area (Å²) < 4.78 is 0. The summed E-state index contributed by atoms with van der Waals surface area (Å²) in [6.45, 7) is 13.7. The molecule has 2 aromatic rings. The van der Waals surface area contributed by atoms with Crippen LogP contribution in [0.25, 0.3) is 0 Å². The van der Waals surface area contributed by atoms with Gasteiger partial charge in [0.2, 0.25) is 0 Å². The highest BCUT2D eigenvalue weighted by Gasteiger charge is 2.19. The first-order chi connectivity index (χ1) is 14.9. The summed E-state index contributed by atoms with van der Waals surface area (Å²) in [5.41, 5.74) is 9.25. The minimum Gasteiger partial charge on any atom is -0.0588 e. The Balaban J connectivity index is 0.000000176. The topological polar surface area (TPSA) is 0 Å². The Hall–Kier alpha value is -1.56. The molecule has 0 aromatic heterocycles. The van der Waals surface area contributed by atoms with Gasteiger partial charge < -0.3 is 0 Å². The smallest absolute Gasteiger partial charge is 0.0159 e. The molecule has 2 aliphatic rings. The van der Waals surface area contributed by atoms with E-state index in [-0.39, 0.29) is 0 Å². The molecule has 0 heteroatoms. The van der Waals surface area contributed by atoms with Gasteiger partial charge in [0.05, 0.1) is 0 Å². The van der Waals surface area contributed by atoms with Gasteiger partial charge in [-0.3, -0.25) is 0 Å². The molecular weight excluding hydrogens is 372 g/mol. The molecule has 0 nitrogen and oxygen atoms in total. The van der Waals surface area contributed by atoms with Gasteiger partial charge in [0, 0.05) is 0 Å². The molecule has 0 radical (unpaired) electrons. The zero-order chi connectivity index (χ0) is 22.4. The van der Waals surface area contributed by atoms with Crippen LogP contribution in [0, 0.1) is 13.8 Å². The minimum atomic E-state index is 0.656. The highest BCUT2D eigenvalue weighted by Crippen LogP contribution is 2.37. The first kappa shape index (κ1) is 24.1. The fourth-order valence-electron chi connectivity index (χ4n) is 5.57. The number of rotatable bonds is 4. The van der Waals surface area contributed by atoms with Gasteiger partial charge in [-0.25, -0.2) is 0 Å². The molecule has 2 aromatic carbocycles. The monoisotopic (exact) mass is 418 g/mol. The number of hydrogen-bond acceptors (Lipinski definition) is 0. The molecule has 4 rings (SSSR count). The molecule has 0 saturated heterocycles. The Morgan fingerprint density at radius 3 is 1.26 bits per heavy atom. The SMILES string of the molecule is Cc1ccc(C(C)C)cc1C1CCCC1.Cc1ccc(C(C)C)cc1C1CCCCC1. The lowest BCUT2D eigenvalue weighted by Gasteiger charge is -2.24. The van der Waals surface area contributed by atoms with Gasteiger partial charge in [-0.2, -0.15) is 0 Å². The predicted octanol–water partition coefficient (Wildman–Crippen LogP) is 9.94. The van der Waals surface area contributed by atoms with Gasteiger partial charge in [-0.1, -0.05) is 96.2 Å². The Kier molecular flexibility index (Phi) is 8.82. The van der Waals surface area contributed by atoms with Crippen LogP contribution in [-0.2, 0) is 0 Å². The van der Waals surface area contributed by atoms with Crippen molar-refractivity contribution in [3.63, 3.8) is 0 Å². The molecule has 0 amide bonds.